The number of thioether (sulfide) groups is 1. The second-order valence-electron chi connectivity index (χ2n) is 8.01. The van der Waals surface area contributed by atoms with Gasteiger partial charge in [0, 0.05) is 28.3 Å². The minimum absolute atomic E-state index is 0.163. The molecule has 0 heterocycles. The smallest absolute Gasteiger partial charge is 0.252 e. The number of carbonyl (C=O) groups is 2. The van der Waals surface area contributed by atoms with Gasteiger partial charge in [-0.2, -0.15) is 0 Å². The molecule has 2 amide bonds. The Kier molecular flexibility index (Phi) is 8.30. The number of hydrogen-bond donors (Lipinski definition) is 2. The van der Waals surface area contributed by atoms with Crippen molar-refractivity contribution in [3.8, 4) is 0 Å². The average molecular weight is 485 g/mol. The summed E-state index contributed by atoms with van der Waals surface area (Å²) in [5, 5.41) is 5.65. The fraction of sp³-hybridized carbons (Fsp3) is 0.103. The number of carbonyl (C=O) groups excluding carboxylic acids is 2. The summed E-state index contributed by atoms with van der Waals surface area (Å²) >= 11 is 1.72. The molecule has 35 heavy (non-hydrogen) atoms. The van der Waals surface area contributed by atoms with E-state index in [1.165, 1.54) is 23.8 Å². The van der Waals surface area contributed by atoms with Gasteiger partial charge in [0.1, 0.15) is 11.9 Å². The Bertz CT molecular complexity index is 1260. The summed E-state index contributed by atoms with van der Waals surface area (Å²) in [6, 6.07) is 31.8. The van der Waals surface area contributed by atoms with Gasteiger partial charge in [0.25, 0.3) is 5.91 Å². The Balaban J connectivity index is 1.42. The molecule has 0 saturated carbocycles. The Hall–Kier alpha value is -3.90. The summed E-state index contributed by atoms with van der Waals surface area (Å²) in [6.45, 7) is 0. The number of rotatable bonds is 9. The predicted molar refractivity (Wildman–Crippen MR) is 139 cm³/mol. The predicted octanol–water partition coefficient (Wildman–Crippen LogP) is 6.10. The van der Waals surface area contributed by atoms with E-state index in [9.17, 15) is 14.0 Å². The maximum atomic E-state index is 13.6. The lowest BCUT2D eigenvalue weighted by molar-refractivity contribution is -0.118. The van der Waals surface area contributed by atoms with Crippen LogP contribution in [0.2, 0.25) is 0 Å². The molecule has 0 bridgehead atoms. The van der Waals surface area contributed by atoms with Crippen LogP contribution in [0.1, 0.15) is 21.5 Å². The highest BCUT2D eigenvalue weighted by Gasteiger charge is 2.22. The monoisotopic (exact) mass is 484 g/mol. The average Bonchev–Trinajstić information content (AvgIpc) is 2.89. The molecule has 0 aliphatic rings. The third kappa shape index (κ3) is 7.29. The topological polar surface area (TPSA) is 58.2 Å². The van der Waals surface area contributed by atoms with Crippen molar-refractivity contribution >= 4 is 29.3 Å². The summed E-state index contributed by atoms with van der Waals surface area (Å²) in [5.74, 6) is -0.499. The molecule has 0 aromatic heterocycles. The number of benzene rings is 4. The van der Waals surface area contributed by atoms with Gasteiger partial charge >= 0.3 is 0 Å². The van der Waals surface area contributed by atoms with Crippen LogP contribution in [0.4, 0.5) is 10.1 Å². The third-order valence-corrected chi connectivity index (χ3v) is 6.44. The molecular weight excluding hydrogens is 459 g/mol. The zero-order chi connectivity index (χ0) is 24.5. The zero-order valence-corrected chi connectivity index (χ0v) is 19.8. The summed E-state index contributed by atoms with van der Waals surface area (Å²) < 4.78 is 13.6. The molecule has 0 aliphatic carbocycles. The molecule has 0 radical (unpaired) electrons. The van der Waals surface area contributed by atoms with E-state index in [4.69, 9.17) is 0 Å². The van der Waals surface area contributed by atoms with Crippen molar-refractivity contribution in [3.63, 3.8) is 0 Å². The number of anilines is 1. The van der Waals surface area contributed by atoms with Gasteiger partial charge in [0.2, 0.25) is 5.91 Å². The molecule has 0 aliphatic heterocycles. The summed E-state index contributed by atoms with van der Waals surface area (Å²) in [5.41, 5.74) is 2.94. The molecule has 4 aromatic rings. The lowest BCUT2D eigenvalue weighted by Gasteiger charge is -2.19. The van der Waals surface area contributed by atoms with Gasteiger partial charge < -0.3 is 10.6 Å². The van der Waals surface area contributed by atoms with Crippen molar-refractivity contribution < 1.29 is 14.0 Å². The zero-order valence-electron chi connectivity index (χ0n) is 19.0. The molecule has 2 N–H and O–H groups in total. The first-order chi connectivity index (χ1) is 17.1. The van der Waals surface area contributed by atoms with E-state index in [0.29, 0.717) is 12.1 Å². The molecular formula is C29H25FN2O2S. The van der Waals surface area contributed by atoms with Gasteiger partial charge in [-0.25, -0.2) is 4.39 Å². The molecule has 4 nitrogen and oxygen atoms in total. The van der Waals surface area contributed by atoms with Crippen molar-refractivity contribution in [2.75, 3.05) is 5.32 Å². The van der Waals surface area contributed by atoms with Crippen LogP contribution in [0.5, 0.6) is 0 Å². The van der Waals surface area contributed by atoms with Crippen molar-refractivity contribution in [2.45, 2.75) is 23.1 Å². The highest BCUT2D eigenvalue weighted by atomic mass is 32.2. The van der Waals surface area contributed by atoms with E-state index in [1.807, 2.05) is 72.8 Å². The van der Waals surface area contributed by atoms with Crippen molar-refractivity contribution in [3.05, 3.63) is 132 Å². The van der Waals surface area contributed by atoms with Crippen LogP contribution in [-0.4, -0.2) is 17.9 Å². The Morgan fingerprint density at radius 1 is 0.771 bits per heavy atom. The molecule has 0 unspecified atom stereocenters. The summed E-state index contributed by atoms with van der Waals surface area (Å²) in [7, 11) is 0. The highest BCUT2D eigenvalue weighted by molar-refractivity contribution is 7.98. The van der Waals surface area contributed by atoms with Gasteiger partial charge in [-0.3, -0.25) is 9.59 Å². The minimum Gasteiger partial charge on any atom is -0.340 e. The standard InChI is InChI=1S/C29H25FN2O2S/c30-24-13-7-12-23(19-24)28(33)32-27(18-21-8-3-1-4-9-21)29(34)31-25-14-16-26(17-15-25)35-20-22-10-5-2-6-11-22/h1-17,19,27H,18,20H2,(H,31,34)(H,32,33)/t27-/m0/s1. The van der Waals surface area contributed by atoms with Crippen molar-refractivity contribution in [2.24, 2.45) is 0 Å². The van der Waals surface area contributed by atoms with Crippen molar-refractivity contribution in [1.82, 2.24) is 5.32 Å². The number of hydrogen-bond acceptors (Lipinski definition) is 3. The third-order valence-electron chi connectivity index (χ3n) is 5.36. The largest absolute Gasteiger partial charge is 0.340 e. The number of amides is 2. The lowest BCUT2D eigenvalue weighted by Crippen LogP contribution is -2.45. The molecule has 6 heteroatoms. The first kappa shape index (κ1) is 24.2. The second kappa shape index (κ2) is 12.0. The Morgan fingerprint density at radius 2 is 1.43 bits per heavy atom. The normalized spacial score (nSPS) is 11.5. The van der Waals surface area contributed by atoms with Crippen LogP contribution in [0.15, 0.2) is 114 Å². The molecule has 0 spiro atoms. The fourth-order valence-electron chi connectivity index (χ4n) is 3.54. The summed E-state index contributed by atoms with van der Waals surface area (Å²) in [6.07, 6.45) is 0.304. The van der Waals surface area contributed by atoms with Gasteiger partial charge in [-0.1, -0.05) is 66.7 Å². The van der Waals surface area contributed by atoms with Crippen LogP contribution in [0.25, 0.3) is 0 Å². The van der Waals surface area contributed by atoms with E-state index < -0.39 is 17.8 Å². The van der Waals surface area contributed by atoms with Crippen LogP contribution in [-0.2, 0) is 17.0 Å². The highest BCUT2D eigenvalue weighted by Crippen LogP contribution is 2.24. The van der Waals surface area contributed by atoms with Crippen LogP contribution in [0, 0.1) is 5.82 Å². The van der Waals surface area contributed by atoms with Gasteiger partial charge in [0.15, 0.2) is 0 Å². The molecule has 0 fully saturated rings. The Morgan fingerprint density at radius 3 is 2.09 bits per heavy atom. The van der Waals surface area contributed by atoms with E-state index >= 15 is 0 Å². The Labute approximate surface area is 208 Å². The fourth-order valence-corrected chi connectivity index (χ4v) is 4.39. The van der Waals surface area contributed by atoms with Crippen LogP contribution >= 0.6 is 11.8 Å². The van der Waals surface area contributed by atoms with E-state index in [1.54, 1.807) is 11.8 Å². The maximum Gasteiger partial charge on any atom is 0.252 e. The SMILES string of the molecule is O=C(N[C@@H](Cc1ccccc1)C(=O)Nc1ccc(SCc2ccccc2)cc1)c1cccc(F)c1. The van der Waals surface area contributed by atoms with Gasteiger partial charge in [0.05, 0.1) is 0 Å². The van der Waals surface area contributed by atoms with Gasteiger partial charge in [-0.05, 0) is 53.6 Å². The van der Waals surface area contributed by atoms with Crippen molar-refractivity contribution in [1.29, 1.82) is 0 Å². The first-order valence-electron chi connectivity index (χ1n) is 11.2. The maximum absolute atomic E-state index is 13.6. The second-order valence-corrected chi connectivity index (χ2v) is 9.06. The van der Waals surface area contributed by atoms with E-state index in [2.05, 4.69) is 22.8 Å². The quantitative estimate of drug-likeness (QED) is 0.282. The first-order valence-corrected chi connectivity index (χ1v) is 12.2. The molecule has 0 saturated heterocycles. The van der Waals surface area contributed by atoms with Gasteiger partial charge in [-0.15, -0.1) is 11.8 Å². The minimum atomic E-state index is -0.833. The van der Waals surface area contributed by atoms with Crippen LogP contribution < -0.4 is 10.6 Å². The lowest BCUT2D eigenvalue weighted by atomic mass is 10.0. The number of halogens is 1. The molecule has 4 rings (SSSR count). The molecule has 176 valence electrons. The summed E-state index contributed by atoms with van der Waals surface area (Å²) in [4.78, 5) is 27.0. The molecule has 4 aromatic carbocycles. The number of nitrogens with one attached hydrogen (secondary N) is 2. The van der Waals surface area contributed by atoms with E-state index in [0.717, 1.165) is 22.3 Å². The van der Waals surface area contributed by atoms with E-state index in [-0.39, 0.29) is 11.5 Å². The van der Waals surface area contributed by atoms with Crippen LogP contribution in [0.3, 0.4) is 0 Å². The molecule has 1 atom stereocenters.